The molecule has 0 aliphatic rings. The van der Waals surface area contributed by atoms with Crippen LogP contribution in [0.15, 0.2) is 29.8 Å². The Kier molecular flexibility index (Phi) is 5.04. The van der Waals surface area contributed by atoms with E-state index in [9.17, 15) is 5.11 Å². The Morgan fingerprint density at radius 1 is 1.41 bits per heavy atom. The van der Waals surface area contributed by atoms with Crippen molar-refractivity contribution in [3.05, 3.63) is 35.4 Å². The maximum atomic E-state index is 9.64. The number of aliphatic hydroxyl groups is 1. The number of rotatable bonds is 5. The first-order valence-corrected chi connectivity index (χ1v) is 5.66. The lowest BCUT2D eigenvalue weighted by Gasteiger charge is -2.13. The van der Waals surface area contributed by atoms with Gasteiger partial charge in [-0.3, -0.25) is 0 Å². The Morgan fingerprint density at radius 2 is 2.12 bits per heavy atom. The van der Waals surface area contributed by atoms with Gasteiger partial charge in [0.25, 0.3) is 0 Å². The molecule has 0 aliphatic heterocycles. The van der Waals surface area contributed by atoms with Gasteiger partial charge < -0.3 is 14.6 Å². The van der Waals surface area contributed by atoms with Crippen molar-refractivity contribution in [2.75, 3.05) is 13.7 Å². The second kappa shape index (κ2) is 6.30. The summed E-state index contributed by atoms with van der Waals surface area (Å²) in [7, 11) is 1.61. The number of allylic oxidation sites excluding steroid dienone is 1. The molecule has 0 aliphatic carbocycles. The van der Waals surface area contributed by atoms with Crippen molar-refractivity contribution < 1.29 is 14.6 Å². The molecule has 1 atom stereocenters. The molecule has 1 unspecified atom stereocenters. The highest BCUT2D eigenvalue weighted by Crippen LogP contribution is 2.29. The summed E-state index contributed by atoms with van der Waals surface area (Å²) in [4.78, 5) is 0. The first-order valence-electron chi connectivity index (χ1n) is 5.66. The van der Waals surface area contributed by atoms with E-state index < -0.39 is 6.10 Å². The van der Waals surface area contributed by atoms with E-state index in [1.54, 1.807) is 20.1 Å². The number of hydrogen-bond donors (Lipinski definition) is 1. The molecule has 0 spiro atoms. The first kappa shape index (κ1) is 13.6. The third-order valence-electron chi connectivity index (χ3n) is 2.40. The Morgan fingerprint density at radius 3 is 2.65 bits per heavy atom. The van der Waals surface area contributed by atoms with Gasteiger partial charge in [0.15, 0.2) is 0 Å². The molecule has 1 aromatic rings. The topological polar surface area (TPSA) is 38.7 Å². The van der Waals surface area contributed by atoms with E-state index in [4.69, 9.17) is 9.47 Å². The molecule has 0 saturated heterocycles. The normalized spacial score (nSPS) is 11.8. The van der Waals surface area contributed by atoms with Crippen molar-refractivity contribution in [3.63, 3.8) is 0 Å². The number of aliphatic hydroxyl groups excluding tert-OH is 1. The van der Waals surface area contributed by atoms with E-state index in [1.807, 2.05) is 32.1 Å². The molecule has 0 saturated carbocycles. The summed E-state index contributed by atoms with van der Waals surface area (Å²) in [6.45, 7) is 6.25. The standard InChI is InChI=1S/C14H20O3/c1-10(2)7-8-17-14-9-12(16-4)5-6-13(14)11(3)15/h5-7,9,11,15H,8H2,1-4H3. The maximum Gasteiger partial charge on any atom is 0.129 e. The highest BCUT2D eigenvalue weighted by molar-refractivity contribution is 5.41. The fourth-order valence-corrected chi connectivity index (χ4v) is 1.41. The van der Waals surface area contributed by atoms with Crippen LogP contribution in [0.3, 0.4) is 0 Å². The van der Waals surface area contributed by atoms with Crippen LogP contribution in [-0.4, -0.2) is 18.8 Å². The number of benzene rings is 1. The highest BCUT2D eigenvalue weighted by Gasteiger charge is 2.10. The van der Waals surface area contributed by atoms with Crippen LogP contribution in [0.5, 0.6) is 11.5 Å². The minimum atomic E-state index is -0.553. The van der Waals surface area contributed by atoms with Crippen LogP contribution >= 0.6 is 0 Å². The van der Waals surface area contributed by atoms with Crippen molar-refractivity contribution in [2.45, 2.75) is 26.9 Å². The van der Waals surface area contributed by atoms with Gasteiger partial charge in [-0.15, -0.1) is 0 Å². The van der Waals surface area contributed by atoms with Gasteiger partial charge in [-0.1, -0.05) is 5.57 Å². The summed E-state index contributed by atoms with van der Waals surface area (Å²) in [6.07, 6.45) is 1.44. The molecule has 3 nitrogen and oxygen atoms in total. The van der Waals surface area contributed by atoms with E-state index in [0.717, 1.165) is 11.3 Å². The molecule has 0 heterocycles. The monoisotopic (exact) mass is 236 g/mol. The summed E-state index contributed by atoms with van der Waals surface area (Å²) >= 11 is 0. The molecule has 0 radical (unpaired) electrons. The average molecular weight is 236 g/mol. The van der Waals surface area contributed by atoms with Crippen molar-refractivity contribution in [1.29, 1.82) is 0 Å². The van der Waals surface area contributed by atoms with Crippen LogP contribution in [0.25, 0.3) is 0 Å². The summed E-state index contributed by atoms with van der Waals surface area (Å²) < 4.78 is 10.8. The molecule has 17 heavy (non-hydrogen) atoms. The molecule has 94 valence electrons. The van der Waals surface area contributed by atoms with Crippen LogP contribution in [-0.2, 0) is 0 Å². The molecular formula is C14H20O3. The van der Waals surface area contributed by atoms with E-state index in [2.05, 4.69) is 0 Å². The van der Waals surface area contributed by atoms with Crippen LogP contribution in [0, 0.1) is 0 Å². The molecule has 0 aromatic heterocycles. The Labute approximate surface area is 103 Å². The fraction of sp³-hybridized carbons (Fsp3) is 0.429. The third kappa shape index (κ3) is 4.11. The fourth-order valence-electron chi connectivity index (χ4n) is 1.41. The molecule has 1 rings (SSSR count). The van der Waals surface area contributed by atoms with Crippen LogP contribution < -0.4 is 9.47 Å². The van der Waals surface area contributed by atoms with Crippen LogP contribution in [0.1, 0.15) is 32.4 Å². The van der Waals surface area contributed by atoms with Crippen LogP contribution in [0.4, 0.5) is 0 Å². The van der Waals surface area contributed by atoms with Gasteiger partial charge in [-0.2, -0.15) is 0 Å². The first-order chi connectivity index (χ1) is 8.04. The highest BCUT2D eigenvalue weighted by atomic mass is 16.5. The number of methoxy groups -OCH3 is 1. The van der Waals surface area contributed by atoms with E-state index in [0.29, 0.717) is 12.4 Å². The lowest BCUT2D eigenvalue weighted by molar-refractivity contribution is 0.192. The minimum Gasteiger partial charge on any atom is -0.497 e. The van der Waals surface area contributed by atoms with Crippen LogP contribution in [0.2, 0.25) is 0 Å². The minimum absolute atomic E-state index is 0.495. The second-order valence-electron chi connectivity index (χ2n) is 4.17. The van der Waals surface area contributed by atoms with Crippen molar-refractivity contribution in [1.82, 2.24) is 0 Å². The quantitative estimate of drug-likeness (QED) is 0.798. The van der Waals surface area contributed by atoms with Gasteiger partial charge in [-0.25, -0.2) is 0 Å². The van der Waals surface area contributed by atoms with Gasteiger partial charge in [-0.05, 0) is 39.0 Å². The predicted molar refractivity (Wildman–Crippen MR) is 68.6 cm³/mol. The lowest BCUT2D eigenvalue weighted by Crippen LogP contribution is -2.01. The summed E-state index contributed by atoms with van der Waals surface area (Å²) in [5, 5.41) is 9.64. The van der Waals surface area contributed by atoms with Crippen molar-refractivity contribution in [2.24, 2.45) is 0 Å². The predicted octanol–water partition coefficient (Wildman–Crippen LogP) is 3.09. The van der Waals surface area contributed by atoms with E-state index in [-0.39, 0.29) is 0 Å². The largest absolute Gasteiger partial charge is 0.497 e. The molecule has 0 amide bonds. The van der Waals surface area contributed by atoms with Gasteiger partial charge in [0.05, 0.1) is 13.2 Å². The Bertz CT molecular complexity index is 390. The van der Waals surface area contributed by atoms with Crippen molar-refractivity contribution in [3.8, 4) is 11.5 Å². The summed E-state index contributed by atoms with van der Waals surface area (Å²) in [6, 6.07) is 5.43. The molecule has 0 bridgehead atoms. The zero-order valence-corrected chi connectivity index (χ0v) is 10.9. The zero-order chi connectivity index (χ0) is 12.8. The molecular weight excluding hydrogens is 216 g/mol. The molecule has 1 aromatic carbocycles. The average Bonchev–Trinajstić information content (AvgIpc) is 2.28. The number of hydrogen-bond acceptors (Lipinski definition) is 3. The smallest absolute Gasteiger partial charge is 0.129 e. The van der Waals surface area contributed by atoms with E-state index >= 15 is 0 Å². The maximum absolute atomic E-state index is 9.64. The van der Waals surface area contributed by atoms with E-state index in [1.165, 1.54) is 5.57 Å². The Balaban J connectivity index is 2.89. The number of ether oxygens (including phenoxy) is 2. The molecule has 1 N–H and O–H groups in total. The summed E-state index contributed by atoms with van der Waals surface area (Å²) in [5.74, 6) is 1.39. The molecule has 3 heteroatoms. The SMILES string of the molecule is COc1ccc(C(C)O)c(OCC=C(C)C)c1. The Hall–Kier alpha value is -1.48. The van der Waals surface area contributed by atoms with Gasteiger partial charge >= 0.3 is 0 Å². The van der Waals surface area contributed by atoms with Crippen molar-refractivity contribution >= 4 is 0 Å². The van der Waals surface area contributed by atoms with Gasteiger partial charge in [0, 0.05) is 11.6 Å². The van der Waals surface area contributed by atoms with Gasteiger partial charge in [0.2, 0.25) is 0 Å². The lowest BCUT2D eigenvalue weighted by atomic mass is 10.1. The molecule has 0 fully saturated rings. The second-order valence-corrected chi connectivity index (χ2v) is 4.17. The summed E-state index contributed by atoms with van der Waals surface area (Å²) in [5.41, 5.74) is 1.97. The third-order valence-corrected chi connectivity index (χ3v) is 2.40. The zero-order valence-electron chi connectivity index (χ0n) is 10.9. The van der Waals surface area contributed by atoms with Gasteiger partial charge in [0.1, 0.15) is 18.1 Å².